The van der Waals surface area contributed by atoms with E-state index in [4.69, 9.17) is 14.2 Å². The van der Waals surface area contributed by atoms with Gasteiger partial charge in [-0.25, -0.2) is 4.39 Å². The van der Waals surface area contributed by atoms with Crippen LogP contribution in [0.2, 0.25) is 0 Å². The zero-order valence-electron chi connectivity index (χ0n) is 21.1. The molecule has 0 spiro atoms. The third-order valence-electron chi connectivity index (χ3n) is 7.05. The Hall–Kier alpha value is -4.27. The molecule has 0 aliphatic heterocycles. The van der Waals surface area contributed by atoms with E-state index in [1.807, 2.05) is 55.5 Å². The molecule has 3 aromatic carbocycles. The monoisotopic (exact) mass is 514 g/mol. The summed E-state index contributed by atoms with van der Waals surface area (Å²) in [5, 5.41) is 12.1. The molecule has 3 unspecified atom stereocenters. The number of benzene rings is 3. The minimum atomic E-state index is -0.405. The summed E-state index contributed by atoms with van der Waals surface area (Å²) < 4.78 is 32.5. The zero-order valence-corrected chi connectivity index (χ0v) is 21.1. The van der Waals surface area contributed by atoms with Crippen LogP contribution in [0.1, 0.15) is 48.5 Å². The van der Waals surface area contributed by atoms with Crippen molar-refractivity contribution in [2.45, 2.75) is 38.2 Å². The summed E-state index contributed by atoms with van der Waals surface area (Å²) >= 11 is 0. The van der Waals surface area contributed by atoms with Gasteiger partial charge in [-0.2, -0.15) is 4.80 Å². The fraction of sp³-hybridized carbons (Fsp3) is 0.310. The highest BCUT2D eigenvalue weighted by Crippen LogP contribution is 2.49. The van der Waals surface area contributed by atoms with Gasteiger partial charge in [0.15, 0.2) is 0 Å². The lowest BCUT2D eigenvalue weighted by molar-refractivity contribution is -0.144. The Labute approximate surface area is 219 Å². The number of hydrogen-bond donors (Lipinski definition) is 0. The standard InChI is InChI=1S/C29H27FN4O4/c1-3-36-29(35)23-16-22(23)17-4-8-20(9-5-17)38-26-14-12-21-25(15-13-24(30)27(21)26)37-19-10-6-18(7-11-19)28-31-33-34(2)32-28/h4-11,13,15,22-23,26H,3,12,14,16H2,1-2H3. The van der Waals surface area contributed by atoms with Gasteiger partial charge in [0, 0.05) is 16.7 Å². The van der Waals surface area contributed by atoms with Crippen molar-refractivity contribution >= 4 is 5.97 Å². The van der Waals surface area contributed by atoms with Gasteiger partial charge in [0.2, 0.25) is 5.82 Å². The van der Waals surface area contributed by atoms with Gasteiger partial charge in [-0.15, -0.1) is 10.2 Å². The number of aryl methyl sites for hydroxylation is 1. The van der Waals surface area contributed by atoms with Gasteiger partial charge < -0.3 is 14.2 Å². The third-order valence-corrected chi connectivity index (χ3v) is 7.05. The van der Waals surface area contributed by atoms with Crippen molar-refractivity contribution in [3.8, 4) is 28.6 Å². The van der Waals surface area contributed by atoms with Crippen LogP contribution < -0.4 is 9.47 Å². The second kappa shape index (κ2) is 9.89. The highest BCUT2D eigenvalue weighted by atomic mass is 19.1. The first-order valence-corrected chi connectivity index (χ1v) is 12.8. The van der Waals surface area contributed by atoms with Crippen LogP contribution in [-0.4, -0.2) is 32.8 Å². The second-order valence-corrected chi connectivity index (χ2v) is 9.58. The molecular weight excluding hydrogens is 487 g/mol. The molecule has 8 nitrogen and oxygen atoms in total. The lowest BCUT2D eigenvalue weighted by Gasteiger charge is -2.17. The molecule has 1 heterocycles. The molecular formula is C29H27FN4O4. The number of tetrazole rings is 1. The number of carbonyl (C=O) groups excluding carboxylic acids is 1. The van der Waals surface area contributed by atoms with Crippen molar-refractivity contribution in [3.63, 3.8) is 0 Å². The maximum Gasteiger partial charge on any atom is 0.309 e. The van der Waals surface area contributed by atoms with Crippen LogP contribution in [0.15, 0.2) is 60.7 Å². The number of halogens is 1. The van der Waals surface area contributed by atoms with E-state index in [2.05, 4.69) is 15.4 Å². The van der Waals surface area contributed by atoms with E-state index in [0.29, 0.717) is 48.1 Å². The topological polar surface area (TPSA) is 88.4 Å². The van der Waals surface area contributed by atoms with Gasteiger partial charge in [0.1, 0.15) is 29.2 Å². The molecule has 2 aliphatic carbocycles. The summed E-state index contributed by atoms with van der Waals surface area (Å²) in [4.78, 5) is 13.4. The number of ether oxygens (including phenoxy) is 3. The highest BCUT2D eigenvalue weighted by molar-refractivity contribution is 5.77. The van der Waals surface area contributed by atoms with Crippen LogP contribution in [0, 0.1) is 11.7 Å². The molecule has 0 amide bonds. The number of esters is 1. The molecule has 6 rings (SSSR count). The van der Waals surface area contributed by atoms with Crippen molar-refractivity contribution < 1.29 is 23.4 Å². The van der Waals surface area contributed by atoms with Crippen LogP contribution in [0.3, 0.4) is 0 Å². The average Bonchev–Trinajstić information content (AvgIpc) is 3.43. The van der Waals surface area contributed by atoms with E-state index < -0.39 is 6.10 Å². The van der Waals surface area contributed by atoms with Crippen molar-refractivity contribution in [1.82, 2.24) is 20.2 Å². The lowest BCUT2D eigenvalue weighted by Crippen LogP contribution is -2.07. The first kappa shape index (κ1) is 24.1. The summed E-state index contributed by atoms with van der Waals surface area (Å²) in [7, 11) is 1.71. The van der Waals surface area contributed by atoms with Crippen molar-refractivity contribution in [2.75, 3.05) is 6.61 Å². The smallest absolute Gasteiger partial charge is 0.309 e. The molecule has 0 saturated heterocycles. The molecule has 4 aromatic rings. The zero-order chi connectivity index (χ0) is 26.2. The number of nitrogens with zero attached hydrogens (tertiary/aromatic N) is 4. The Kier molecular flexibility index (Phi) is 6.27. The van der Waals surface area contributed by atoms with Gasteiger partial charge in [-0.1, -0.05) is 12.1 Å². The van der Waals surface area contributed by atoms with Crippen LogP contribution >= 0.6 is 0 Å². The largest absolute Gasteiger partial charge is 0.486 e. The number of aromatic nitrogens is 4. The summed E-state index contributed by atoms with van der Waals surface area (Å²) in [5.74, 6) is 2.15. The van der Waals surface area contributed by atoms with Crippen LogP contribution in [-0.2, 0) is 23.0 Å². The molecule has 1 saturated carbocycles. The van der Waals surface area contributed by atoms with E-state index in [9.17, 15) is 9.18 Å². The van der Waals surface area contributed by atoms with Crippen molar-refractivity contribution in [3.05, 3.63) is 83.2 Å². The fourth-order valence-corrected chi connectivity index (χ4v) is 5.09. The van der Waals surface area contributed by atoms with Crippen molar-refractivity contribution in [1.29, 1.82) is 0 Å². The van der Waals surface area contributed by atoms with E-state index in [-0.39, 0.29) is 23.6 Å². The predicted molar refractivity (Wildman–Crippen MR) is 136 cm³/mol. The summed E-state index contributed by atoms with van der Waals surface area (Å²) in [5.41, 5.74) is 3.27. The number of carbonyl (C=O) groups is 1. The molecule has 194 valence electrons. The number of rotatable bonds is 8. The van der Waals surface area contributed by atoms with Gasteiger partial charge in [-0.05, 0) is 91.4 Å². The summed E-state index contributed by atoms with van der Waals surface area (Å²) in [6.45, 7) is 2.21. The molecule has 0 bridgehead atoms. The summed E-state index contributed by atoms with van der Waals surface area (Å²) in [6.07, 6.45) is 1.70. The normalized spacial score (nSPS) is 19.6. The Morgan fingerprint density at radius 2 is 1.82 bits per heavy atom. The Morgan fingerprint density at radius 3 is 2.53 bits per heavy atom. The van der Waals surface area contributed by atoms with Crippen molar-refractivity contribution in [2.24, 2.45) is 13.0 Å². The molecule has 1 fully saturated rings. The summed E-state index contributed by atoms with van der Waals surface area (Å²) in [6, 6.07) is 18.2. The minimum Gasteiger partial charge on any atom is -0.486 e. The maximum atomic E-state index is 15.0. The lowest BCUT2D eigenvalue weighted by atomic mass is 10.1. The second-order valence-electron chi connectivity index (χ2n) is 9.58. The number of hydrogen-bond acceptors (Lipinski definition) is 7. The molecule has 9 heteroatoms. The average molecular weight is 515 g/mol. The molecule has 0 radical (unpaired) electrons. The van der Waals surface area contributed by atoms with Crippen LogP contribution in [0.5, 0.6) is 17.2 Å². The Bertz CT molecular complexity index is 1470. The first-order chi connectivity index (χ1) is 18.5. The van der Waals surface area contributed by atoms with E-state index in [0.717, 1.165) is 23.1 Å². The molecule has 0 N–H and O–H groups in total. The van der Waals surface area contributed by atoms with Crippen LogP contribution in [0.4, 0.5) is 4.39 Å². The third kappa shape index (κ3) is 4.71. The van der Waals surface area contributed by atoms with E-state index >= 15 is 0 Å². The highest BCUT2D eigenvalue weighted by Gasteiger charge is 2.45. The van der Waals surface area contributed by atoms with Gasteiger partial charge in [0.05, 0.1) is 19.6 Å². The van der Waals surface area contributed by atoms with E-state index in [1.165, 1.54) is 10.9 Å². The van der Waals surface area contributed by atoms with Gasteiger partial charge in [-0.3, -0.25) is 4.79 Å². The first-order valence-electron chi connectivity index (χ1n) is 12.8. The SMILES string of the molecule is CCOC(=O)C1CC1c1ccc(OC2CCc3c(Oc4ccc(-c5nnn(C)n5)cc4)ccc(F)c32)cc1. The maximum absolute atomic E-state index is 15.0. The fourth-order valence-electron chi connectivity index (χ4n) is 5.09. The molecule has 38 heavy (non-hydrogen) atoms. The molecule has 1 aromatic heterocycles. The van der Waals surface area contributed by atoms with Gasteiger partial charge in [0.25, 0.3) is 0 Å². The van der Waals surface area contributed by atoms with Crippen LogP contribution in [0.25, 0.3) is 11.4 Å². The predicted octanol–water partition coefficient (Wildman–Crippen LogP) is 5.54. The Balaban J connectivity index is 1.14. The quantitative estimate of drug-likeness (QED) is 0.285. The van der Waals surface area contributed by atoms with Gasteiger partial charge >= 0.3 is 5.97 Å². The Morgan fingerprint density at radius 1 is 1.05 bits per heavy atom. The minimum absolute atomic E-state index is 0.0594. The molecule has 3 atom stereocenters. The number of fused-ring (bicyclic) bond motifs is 1. The molecule has 2 aliphatic rings. The van der Waals surface area contributed by atoms with E-state index in [1.54, 1.807) is 13.1 Å².